The zero-order valence-corrected chi connectivity index (χ0v) is 19.2. The van der Waals surface area contributed by atoms with Gasteiger partial charge < -0.3 is 4.74 Å². The lowest BCUT2D eigenvalue weighted by Crippen LogP contribution is -2.28. The van der Waals surface area contributed by atoms with Crippen LogP contribution >= 0.6 is 11.3 Å². The molecule has 0 radical (unpaired) electrons. The highest BCUT2D eigenvalue weighted by atomic mass is 32.1. The molecule has 0 saturated carbocycles. The minimum absolute atomic E-state index is 0.324. The zero-order chi connectivity index (χ0) is 22.0. The summed E-state index contributed by atoms with van der Waals surface area (Å²) in [4.78, 5) is 15.6. The van der Waals surface area contributed by atoms with Gasteiger partial charge in [-0.05, 0) is 63.0 Å². The first-order valence-electron chi connectivity index (χ1n) is 10.5. The van der Waals surface area contributed by atoms with Gasteiger partial charge in [-0.2, -0.15) is 4.98 Å². The van der Waals surface area contributed by atoms with Crippen molar-refractivity contribution in [1.82, 2.24) is 19.9 Å². The van der Waals surface area contributed by atoms with Crippen molar-refractivity contribution in [2.75, 3.05) is 13.1 Å². The second-order valence-electron chi connectivity index (χ2n) is 8.03. The normalized spacial score (nSPS) is 17.6. The summed E-state index contributed by atoms with van der Waals surface area (Å²) in [7, 11) is 0. The van der Waals surface area contributed by atoms with Crippen LogP contribution in [0.15, 0.2) is 65.9 Å². The average molecular weight is 433 g/mol. The number of fused-ring (bicyclic) bond motifs is 1. The third-order valence-electron chi connectivity index (χ3n) is 5.72. The maximum Gasteiger partial charge on any atom is 0.222 e. The van der Waals surface area contributed by atoms with Gasteiger partial charge in [0.1, 0.15) is 11.6 Å². The number of aryl methyl sites for hydroxylation is 2. The van der Waals surface area contributed by atoms with Gasteiger partial charge in [-0.3, -0.25) is 4.90 Å². The SMILES string of the molecule is C=C(/C=C1/CCN([C@H](C)c2ccc3scnc3c2)CCC1=C)Oc1cc(C)nc(C)n1. The monoisotopic (exact) mass is 432 g/mol. The third kappa shape index (κ3) is 5.09. The molecular formula is C25H28N4OS. The number of nitrogens with zero attached hydrogens (tertiary/aromatic N) is 4. The molecule has 2 aromatic heterocycles. The molecule has 0 unspecified atom stereocenters. The number of likely N-dealkylation sites (tertiary alicyclic amines) is 1. The summed E-state index contributed by atoms with van der Waals surface area (Å²) in [5.74, 6) is 1.79. The van der Waals surface area contributed by atoms with E-state index >= 15 is 0 Å². The summed E-state index contributed by atoms with van der Waals surface area (Å²) >= 11 is 1.68. The van der Waals surface area contributed by atoms with Crippen LogP contribution in [0.4, 0.5) is 0 Å². The summed E-state index contributed by atoms with van der Waals surface area (Å²) in [5.41, 5.74) is 7.51. The minimum atomic E-state index is 0.324. The highest BCUT2D eigenvalue weighted by molar-refractivity contribution is 7.16. The molecule has 1 fully saturated rings. The van der Waals surface area contributed by atoms with Crippen molar-refractivity contribution in [3.8, 4) is 5.88 Å². The van der Waals surface area contributed by atoms with E-state index in [1.807, 2.05) is 31.5 Å². The molecule has 0 aliphatic carbocycles. The number of thiazole rings is 1. The van der Waals surface area contributed by atoms with E-state index < -0.39 is 0 Å². The first-order chi connectivity index (χ1) is 14.9. The molecule has 6 heteroatoms. The third-order valence-corrected chi connectivity index (χ3v) is 6.53. The Kier molecular flexibility index (Phi) is 6.30. The molecule has 5 nitrogen and oxygen atoms in total. The molecule has 1 saturated heterocycles. The van der Waals surface area contributed by atoms with E-state index in [1.54, 1.807) is 11.3 Å². The van der Waals surface area contributed by atoms with Gasteiger partial charge in [0.2, 0.25) is 5.88 Å². The molecule has 0 spiro atoms. The molecule has 1 atom stereocenters. The lowest BCUT2D eigenvalue weighted by atomic mass is 10.0. The maximum absolute atomic E-state index is 5.86. The van der Waals surface area contributed by atoms with E-state index in [2.05, 4.69) is 58.1 Å². The predicted octanol–water partition coefficient (Wildman–Crippen LogP) is 5.94. The standard InChI is InChI=1S/C25H28N4OS/c1-16-8-10-29(19(4)22-6-7-24-23(14-22)26-15-31-24)11-9-21(16)13-18(3)30-25-12-17(2)27-20(5)28-25/h6-7,12-15,19H,1,3,8-11H2,2,4-5H3/b21-13-/t19-/m1/s1. The summed E-state index contributed by atoms with van der Waals surface area (Å²) in [6.07, 6.45) is 3.84. The van der Waals surface area contributed by atoms with E-state index in [-0.39, 0.29) is 0 Å². The molecule has 160 valence electrons. The fourth-order valence-electron chi connectivity index (χ4n) is 3.99. The molecule has 3 aromatic rings. The van der Waals surface area contributed by atoms with E-state index in [1.165, 1.54) is 15.8 Å². The zero-order valence-electron chi connectivity index (χ0n) is 18.4. The second-order valence-corrected chi connectivity index (χ2v) is 8.91. The fourth-order valence-corrected chi connectivity index (χ4v) is 4.65. The molecule has 0 N–H and O–H groups in total. The fraction of sp³-hybridized carbons (Fsp3) is 0.320. The number of rotatable bonds is 5. The van der Waals surface area contributed by atoms with Crippen molar-refractivity contribution in [1.29, 1.82) is 0 Å². The predicted molar refractivity (Wildman–Crippen MR) is 127 cm³/mol. The molecule has 0 amide bonds. The van der Waals surface area contributed by atoms with Crippen molar-refractivity contribution < 1.29 is 4.74 Å². The number of hydrogen-bond acceptors (Lipinski definition) is 6. The maximum atomic E-state index is 5.86. The quantitative estimate of drug-likeness (QED) is 0.467. The van der Waals surface area contributed by atoms with Crippen LogP contribution in [0.5, 0.6) is 5.88 Å². The lowest BCUT2D eigenvalue weighted by Gasteiger charge is -2.27. The van der Waals surface area contributed by atoms with Crippen molar-refractivity contribution in [3.63, 3.8) is 0 Å². The number of hydrogen-bond donors (Lipinski definition) is 0. The molecule has 3 heterocycles. The van der Waals surface area contributed by atoms with Gasteiger partial charge in [-0.25, -0.2) is 9.97 Å². The van der Waals surface area contributed by atoms with Crippen LogP contribution in [0.3, 0.4) is 0 Å². The van der Waals surface area contributed by atoms with E-state index in [4.69, 9.17) is 4.74 Å². The van der Waals surface area contributed by atoms with Gasteiger partial charge in [0.25, 0.3) is 0 Å². The second kappa shape index (κ2) is 9.12. The first kappa shape index (κ1) is 21.4. The van der Waals surface area contributed by atoms with Crippen LogP contribution in [-0.4, -0.2) is 32.9 Å². The van der Waals surface area contributed by atoms with Crippen molar-refractivity contribution in [2.24, 2.45) is 0 Å². The Morgan fingerprint density at radius 1 is 1.19 bits per heavy atom. The molecule has 1 aliphatic heterocycles. The number of aromatic nitrogens is 3. The Bertz CT molecular complexity index is 1140. The summed E-state index contributed by atoms with van der Waals surface area (Å²) < 4.78 is 7.10. The molecular weight excluding hydrogens is 404 g/mol. The number of allylic oxidation sites excluding steroid dienone is 1. The van der Waals surface area contributed by atoms with Crippen LogP contribution in [0.2, 0.25) is 0 Å². The lowest BCUT2D eigenvalue weighted by molar-refractivity contribution is 0.223. The largest absolute Gasteiger partial charge is 0.440 e. The van der Waals surface area contributed by atoms with Crippen LogP contribution < -0.4 is 4.74 Å². The van der Waals surface area contributed by atoms with E-state index in [9.17, 15) is 0 Å². The minimum Gasteiger partial charge on any atom is -0.440 e. The van der Waals surface area contributed by atoms with Gasteiger partial charge in [0.15, 0.2) is 0 Å². The van der Waals surface area contributed by atoms with Gasteiger partial charge in [0, 0.05) is 30.9 Å². The van der Waals surface area contributed by atoms with Gasteiger partial charge >= 0.3 is 0 Å². The number of ether oxygens (including phenoxy) is 1. The molecule has 1 aliphatic rings. The van der Waals surface area contributed by atoms with Gasteiger partial charge in [-0.1, -0.05) is 24.8 Å². The summed E-state index contributed by atoms with van der Waals surface area (Å²) in [5, 5.41) is 0. The van der Waals surface area contributed by atoms with Crippen molar-refractivity contribution >= 4 is 21.6 Å². The van der Waals surface area contributed by atoms with Gasteiger partial charge in [-0.15, -0.1) is 11.3 Å². The Balaban J connectivity index is 1.44. The molecule has 31 heavy (non-hydrogen) atoms. The van der Waals surface area contributed by atoms with Crippen LogP contribution in [-0.2, 0) is 0 Å². The average Bonchev–Trinajstić information content (AvgIpc) is 3.11. The van der Waals surface area contributed by atoms with Crippen LogP contribution in [0.25, 0.3) is 10.2 Å². The first-order valence-corrected chi connectivity index (χ1v) is 11.4. The molecule has 4 rings (SSSR count). The van der Waals surface area contributed by atoms with E-state index in [0.29, 0.717) is 23.5 Å². The highest BCUT2D eigenvalue weighted by Crippen LogP contribution is 2.30. The Labute approximate surface area is 187 Å². The van der Waals surface area contributed by atoms with Crippen molar-refractivity contribution in [3.05, 3.63) is 83.0 Å². The highest BCUT2D eigenvalue weighted by Gasteiger charge is 2.21. The van der Waals surface area contributed by atoms with E-state index in [0.717, 1.165) is 42.7 Å². The smallest absolute Gasteiger partial charge is 0.222 e. The topological polar surface area (TPSA) is 51.1 Å². The molecule has 0 bridgehead atoms. The summed E-state index contributed by atoms with van der Waals surface area (Å²) in [6.45, 7) is 16.4. The Morgan fingerprint density at radius 2 is 2.00 bits per heavy atom. The Hall–Kier alpha value is -2.83. The Morgan fingerprint density at radius 3 is 2.81 bits per heavy atom. The van der Waals surface area contributed by atoms with Crippen molar-refractivity contribution in [2.45, 2.75) is 39.7 Å². The van der Waals surface area contributed by atoms with Crippen LogP contribution in [0, 0.1) is 13.8 Å². The van der Waals surface area contributed by atoms with Gasteiger partial charge in [0.05, 0.1) is 15.7 Å². The number of benzene rings is 1. The molecule has 1 aromatic carbocycles. The summed E-state index contributed by atoms with van der Waals surface area (Å²) in [6, 6.07) is 8.77. The van der Waals surface area contributed by atoms with Crippen LogP contribution in [0.1, 0.15) is 42.9 Å².